The zero-order valence-electron chi connectivity index (χ0n) is 12.4. The molecule has 0 aromatic heterocycles. The van der Waals surface area contributed by atoms with Crippen LogP contribution >= 0.6 is 15.9 Å². The van der Waals surface area contributed by atoms with Crippen LogP contribution in [0.2, 0.25) is 0 Å². The van der Waals surface area contributed by atoms with Gasteiger partial charge < -0.3 is 5.32 Å². The second-order valence-corrected chi connectivity index (χ2v) is 5.81. The van der Waals surface area contributed by atoms with Crippen LogP contribution < -0.4 is 5.32 Å². The quantitative estimate of drug-likeness (QED) is 0.731. The van der Waals surface area contributed by atoms with Crippen molar-refractivity contribution in [1.82, 2.24) is 10.2 Å². The van der Waals surface area contributed by atoms with Crippen LogP contribution in [0.5, 0.6) is 0 Å². The molecule has 1 rings (SSSR count). The van der Waals surface area contributed by atoms with E-state index in [2.05, 4.69) is 27.8 Å². The van der Waals surface area contributed by atoms with Gasteiger partial charge in [-0.2, -0.15) is 0 Å². The summed E-state index contributed by atoms with van der Waals surface area (Å²) in [5.41, 5.74) is 1.54. The standard InChI is InChI=1S/C16H21BrN2O2/c1-4-6-15(16(21)18-5-2)19(3)10-13-9-14(17)8-7-12(13)11-20/h5,7-9,11,15H,2,4,6,10H2,1,3H3,(H,18,21). The molecule has 0 bridgehead atoms. The summed E-state index contributed by atoms with van der Waals surface area (Å²) in [5, 5.41) is 2.64. The number of nitrogens with one attached hydrogen (secondary N) is 1. The van der Waals surface area contributed by atoms with Crippen molar-refractivity contribution in [1.29, 1.82) is 0 Å². The molecule has 1 atom stereocenters. The lowest BCUT2D eigenvalue weighted by Gasteiger charge is -2.27. The van der Waals surface area contributed by atoms with Gasteiger partial charge in [0.05, 0.1) is 6.04 Å². The molecule has 114 valence electrons. The number of likely N-dealkylation sites (N-methyl/N-ethyl adjacent to an activating group) is 1. The van der Waals surface area contributed by atoms with Gasteiger partial charge in [0.2, 0.25) is 5.91 Å². The number of halogens is 1. The molecule has 1 amide bonds. The largest absolute Gasteiger partial charge is 0.332 e. The second-order valence-electron chi connectivity index (χ2n) is 4.89. The molecular weight excluding hydrogens is 332 g/mol. The lowest BCUT2D eigenvalue weighted by molar-refractivity contribution is -0.125. The Balaban J connectivity index is 2.92. The SMILES string of the molecule is C=CNC(=O)C(CCC)N(C)Cc1cc(Br)ccc1C=O. The molecule has 0 radical (unpaired) electrons. The van der Waals surface area contributed by atoms with Crippen LogP contribution in [-0.2, 0) is 11.3 Å². The van der Waals surface area contributed by atoms with E-state index in [9.17, 15) is 9.59 Å². The van der Waals surface area contributed by atoms with E-state index in [1.807, 2.05) is 31.0 Å². The van der Waals surface area contributed by atoms with E-state index in [-0.39, 0.29) is 11.9 Å². The first-order valence-corrected chi connectivity index (χ1v) is 7.67. The molecule has 0 aliphatic heterocycles. The van der Waals surface area contributed by atoms with Crippen LogP contribution in [0, 0.1) is 0 Å². The van der Waals surface area contributed by atoms with Gasteiger partial charge in [0, 0.05) is 16.6 Å². The van der Waals surface area contributed by atoms with Crippen molar-refractivity contribution in [3.8, 4) is 0 Å². The number of hydrogen-bond acceptors (Lipinski definition) is 3. The Hall–Kier alpha value is -1.46. The fourth-order valence-electron chi connectivity index (χ4n) is 2.23. The Morgan fingerprint density at radius 3 is 2.81 bits per heavy atom. The number of hydrogen-bond donors (Lipinski definition) is 1. The van der Waals surface area contributed by atoms with Crippen LogP contribution in [0.15, 0.2) is 35.5 Å². The van der Waals surface area contributed by atoms with Gasteiger partial charge in [0.15, 0.2) is 0 Å². The second kappa shape index (κ2) is 8.74. The highest BCUT2D eigenvalue weighted by atomic mass is 79.9. The summed E-state index contributed by atoms with van der Waals surface area (Å²) in [4.78, 5) is 25.2. The van der Waals surface area contributed by atoms with Crippen LogP contribution in [0.3, 0.4) is 0 Å². The maximum atomic E-state index is 12.1. The van der Waals surface area contributed by atoms with E-state index in [1.165, 1.54) is 6.20 Å². The summed E-state index contributed by atoms with van der Waals surface area (Å²) in [6.07, 6.45) is 3.89. The molecule has 1 aromatic carbocycles. The molecule has 0 saturated heterocycles. The van der Waals surface area contributed by atoms with E-state index >= 15 is 0 Å². The van der Waals surface area contributed by atoms with Crippen molar-refractivity contribution in [2.24, 2.45) is 0 Å². The van der Waals surface area contributed by atoms with Crippen LogP contribution in [-0.4, -0.2) is 30.2 Å². The first-order valence-electron chi connectivity index (χ1n) is 6.88. The Kier molecular flexibility index (Phi) is 7.32. The van der Waals surface area contributed by atoms with Crippen molar-refractivity contribution in [2.45, 2.75) is 32.4 Å². The van der Waals surface area contributed by atoms with Gasteiger partial charge in [0.25, 0.3) is 0 Å². The molecule has 0 fully saturated rings. The van der Waals surface area contributed by atoms with Crippen molar-refractivity contribution >= 4 is 28.1 Å². The number of nitrogens with zero attached hydrogens (tertiary/aromatic N) is 1. The first kappa shape index (κ1) is 17.6. The summed E-state index contributed by atoms with van der Waals surface area (Å²) in [6.45, 7) is 6.09. The highest BCUT2D eigenvalue weighted by Crippen LogP contribution is 2.18. The average molecular weight is 353 g/mol. The minimum Gasteiger partial charge on any atom is -0.332 e. The summed E-state index contributed by atoms with van der Waals surface area (Å²) >= 11 is 3.41. The molecular formula is C16H21BrN2O2. The fraction of sp³-hybridized carbons (Fsp3) is 0.375. The average Bonchev–Trinajstić information content (AvgIpc) is 2.45. The molecule has 5 heteroatoms. The van der Waals surface area contributed by atoms with E-state index in [4.69, 9.17) is 0 Å². The Bertz CT molecular complexity index is 517. The molecule has 0 aliphatic rings. The molecule has 1 unspecified atom stereocenters. The number of carbonyl (C=O) groups is 2. The van der Waals surface area contributed by atoms with Crippen LogP contribution in [0.4, 0.5) is 0 Å². The minimum absolute atomic E-state index is 0.0722. The van der Waals surface area contributed by atoms with Gasteiger partial charge >= 0.3 is 0 Å². The third kappa shape index (κ3) is 5.10. The lowest BCUT2D eigenvalue weighted by atomic mass is 10.1. The smallest absolute Gasteiger partial charge is 0.241 e. The summed E-state index contributed by atoms with van der Waals surface area (Å²) in [7, 11) is 1.89. The third-order valence-electron chi connectivity index (χ3n) is 3.29. The summed E-state index contributed by atoms with van der Waals surface area (Å²) in [5.74, 6) is -0.0722. The summed E-state index contributed by atoms with van der Waals surface area (Å²) in [6, 6.07) is 5.28. The maximum Gasteiger partial charge on any atom is 0.241 e. The molecule has 1 aromatic rings. The molecule has 0 spiro atoms. The molecule has 21 heavy (non-hydrogen) atoms. The fourth-order valence-corrected chi connectivity index (χ4v) is 2.64. The monoisotopic (exact) mass is 352 g/mol. The van der Waals surface area contributed by atoms with E-state index < -0.39 is 0 Å². The van der Waals surface area contributed by atoms with E-state index in [1.54, 1.807) is 6.07 Å². The Morgan fingerprint density at radius 2 is 2.24 bits per heavy atom. The van der Waals surface area contributed by atoms with Crippen molar-refractivity contribution in [3.05, 3.63) is 46.6 Å². The number of carbonyl (C=O) groups excluding carboxylic acids is 2. The highest BCUT2D eigenvalue weighted by molar-refractivity contribution is 9.10. The topological polar surface area (TPSA) is 49.4 Å². The van der Waals surface area contributed by atoms with Gasteiger partial charge in [-0.05, 0) is 37.4 Å². The minimum atomic E-state index is -0.244. The van der Waals surface area contributed by atoms with Crippen molar-refractivity contribution in [3.63, 3.8) is 0 Å². The predicted molar refractivity (Wildman–Crippen MR) is 88.0 cm³/mol. The Morgan fingerprint density at radius 1 is 1.52 bits per heavy atom. The van der Waals surface area contributed by atoms with E-state index in [0.29, 0.717) is 12.1 Å². The zero-order chi connectivity index (χ0) is 15.8. The number of amides is 1. The Labute approximate surface area is 134 Å². The molecule has 0 heterocycles. The number of aldehydes is 1. The zero-order valence-corrected chi connectivity index (χ0v) is 14.0. The van der Waals surface area contributed by atoms with E-state index in [0.717, 1.165) is 29.2 Å². The van der Waals surface area contributed by atoms with Crippen molar-refractivity contribution < 1.29 is 9.59 Å². The first-order chi connectivity index (χ1) is 10.0. The van der Waals surface area contributed by atoms with Gasteiger partial charge in [-0.25, -0.2) is 0 Å². The van der Waals surface area contributed by atoms with Gasteiger partial charge in [-0.1, -0.05) is 41.9 Å². The van der Waals surface area contributed by atoms with Crippen molar-refractivity contribution in [2.75, 3.05) is 7.05 Å². The third-order valence-corrected chi connectivity index (χ3v) is 3.79. The van der Waals surface area contributed by atoms with Crippen LogP contribution in [0.25, 0.3) is 0 Å². The highest BCUT2D eigenvalue weighted by Gasteiger charge is 2.22. The molecule has 0 aliphatic carbocycles. The molecule has 1 N–H and O–H groups in total. The molecule has 0 saturated carbocycles. The van der Waals surface area contributed by atoms with Gasteiger partial charge in [0.1, 0.15) is 6.29 Å². The number of rotatable bonds is 8. The summed E-state index contributed by atoms with van der Waals surface area (Å²) < 4.78 is 0.916. The number of benzene rings is 1. The lowest BCUT2D eigenvalue weighted by Crippen LogP contribution is -2.43. The van der Waals surface area contributed by atoms with Gasteiger partial charge in [-0.15, -0.1) is 0 Å². The maximum absolute atomic E-state index is 12.1. The predicted octanol–water partition coefficient (Wildman–Crippen LogP) is 3.12. The molecule has 4 nitrogen and oxygen atoms in total. The normalized spacial score (nSPS) is 12.0. The van der Waals surface area contributed by atoms with Crippen LogP contribution in [0.1, 0.15) is 35.7 Å². The van der Waals surface area contributed by atoms with Gasteiger partial charge in [-0.3, -0.25) is 14.5 Å².